The number of hydrogen-bond donors (Lipinski definition) is 0. The minimum Gasteiger partial charge on any atom is -0.496 e. The summed E-state index contributed by atoms with van der Waals surface area (Å²) in [6.07, 6.45) is 1.98. The third-order valence-electron chi connectivity index (χ3n) is 3.88. The molecule has 0 heterocycles. The van der Waals surface area contributed by atoms with E-state index in [1.165, 1.54) is 19.2 Å². The number of esters is 1. The lowest BCUT2D eigenvalue weighted by Gasteiger charge is -2.22. The van der Waals surface area contributed by atoms with Crippen molar-refractivity contribution in [2.45, 2.75) is 11.4 Å². The fourth-order valence-electron chi connectivity index (χ4n) is 2.58. The van der Waals surface area contributed by atoms with Crippen LogP contribution >= 0.6 is 11.8 Å². The number of nitro groups is 1. The monoisotopic (exact) mass is 376 g/mol. The summed E-state index contributed by atoms with van der Waals surface area (Å²) in [6, 6.07) is 10.0. The Kier molecular flexibility index (Phi) is 6.46. The number of ether oxygens (including phenoxy) is 2. The molecular formula is C18H20N2O5S. The fourth-order valence-corrected chi connectivity index (χ4v) is 3.13. The molecule has 7 nitrogen and oxygen atoms in total. The smallest absolute Gasteiger partial charge is 0.340 e. The van der Waals surface area contributed by atoms with Gasteiger partial charge < -0.3 is 14.4 Å². The van der Waals surface area contributed by atoms with Gasteiger partial charge in [0.1, 0.15) is 5.75 Å². The molecule has 0 saturated carbocycles. The van der Waals surface area contributed by atoms with Crippen LogP contribution in [0.2, 0.25) is 0 Å². The molecule has 2 aromatic carbocycles. The molecule has 0 N–H and O–H groups in total. The highest BCUT2D eigenvalue weighted by Crippen LogP contribution is 2.30. The number of anilines is 1. The first-order valence-electron chi connectivity index (χ1n) is 7.70. The molecule has 138 valence electrons. The summed E-state index contributed by atoms with van der Waals surface area (Å²) in [6.45, 7) is 0.493. The Morgan fingerprint density at radius 1 is 1.23 bits per heavy atom. The van der Waals surface area contributed by atoms with E-state index in [9.17, 15) is 14.9 Å². The zero-order valence-electron chi connectivity index (χ0n) is 15.0. The molecule has 2 rings (SSSR count). The quantitative estimate of drug-likeness (QED) is 0.315. The van der Waals surface area contributed by atoms with Gasteiger partial charge in [0, 0.05) is 30.6 Å². The van der Waals surface area contributed by atoms with Crippen molar-refractivity contribution in [2.75, 3.05) is 32.4 Å². The second-order valence-corrected chi connectivity index (χ2v) is 6.34. The Labute approximate surface area is 156 Å². The number of non-ortho nitro benzene ring substituents is 1. The summed E-state index contributed by atoms with van der Waals surface area (Å²) in [5.74, 6) is 0.158. The minimum atomic E-state index is -0.620. The molecule has 26 heavy (non-hydrogen) atoms. The highest BCUT2D eigenvalue weighted by molar-refractivity contribution is 7.98. The molecule has 0 saturated heterocycles. The molecule has 0 aromatic heterocycles. The van der Waals surface area contributed by atoms with Gasteiger partial charge in [-0.3, -0.25) is 10.1 Å². The molecule has 2 aromatic rings. The minimum absolute atomic E-state index is 0.150. The Balaban J connectivity index is 2.35. The van der Waals surface area contributed by atoms with Gasteiger partial charge in [-0.1, -0.05) is 6.07 Å². The van der Waals surface area contributed by atoms with Crippen molar-refractivity contribution in [1.82, 2.24) is 0 Å². The SMILES string of the molecule is COC(=O)c1cc([N+](=O)[O-])ccc1N(C)Cc1ccc(SC)c(OC)c1. The molecule has 0 aliphatic heterocycles. The predicted molar refractivity (Wildman–Crippen MR) is 101 cm³/mol. The number of thioether (sulfide) groups is 1. The highest BCUT2D eigenvalue weighted by Gasteiger charge is 2.20. The van der Waals surface area contributed by atoms with Gasteiger partial charge in [0.05, 0.1) is 30.4 Å². The van der Waals surface area contributed by atoms with Crippen molar-refractivity contribution in [3.63, 3.8) is 0 Å². The standard InChI is InChI=1S/C18H20N2O5S/c1-19(11-12-5-8-17(26-4)16(9-12)24-2)15-7-6-13(20(22)23)10-14(15)18(21)25-3/h5-10H,11H2,1-4H3. The zero-order chi connectivity index (χ0) is 19.3. The Bertz CT molecular complexity index is 825. The number of carbonyl (C=O) groups is 1. The van der Waals surface area contributed by atoms with Gasteiger partial charge in [-0.15, -0.1) is 11.8 Å². The zero-order valence-corrected chi connectivity index (χ0v) is 15.8. The normalized spacial score (nSPS) is 10.3. The predicted octanol–water partition coefficient (Wildman–Crippen LogP) is 3.75. The summed E-state index contributed by atoms with van der Waals surface area (Å²) in [7, 11) is 4.67. The highest BCUT2D eigenvalue weighted by atomic mass is 32.2. The van der Waals surface area contributed by atoms with Gasteiger partial charge in [0.15, 0.2) is 0 Å². The van der Waals surface area contributed by atoms with E-state index in [-0.39, 0.29) is 11.3 Å². The maximum Gasteiger partial charge on any atom is 0.340 e. The van der Waals surface area contributed by atoms with Crippen LogP contribution in [0.5, 0.6) is 5.75 Å². The third kappa shape index (κ3) is 4.26. The van der Waals surface area contributed by atoms with Crippen LogP contribution in [-0.4, -0.2) is 38.4 Å². The van der Waals surface area contributed by atoms with Gasteiger partial charge in [0.25, 0.3) is 5.69 Å². The number of nitro benzene ring substituents is 1. The van der Waals surface area contributed by atoms with E-state index in [0.717, 1.165) is 16.2 Å². The van der Waals surface area contributed by atoms with Crippen LogP contribution < -0.4 is 9.64 Å². The van der Waals surface area contributed by atoms with Gasteiger partial charge in [-0.25, -0.2) is 4.79 Å². The first-order valence-corrected chi connectivity index (χ1v) is 8.92. The van der Waals surface area contributed by atoms with Crippen molar-refractivity contribution in [3.05, 3.63) is 57.6 Å². The van der Waals surface area contributed by atoms with Gasteiger partial charge >= 0.3 is 5.97 Å². The molecular weight excluding hydrogens is 356 g/mol. The molecule has 8 heteroatoms. The molecule has 0 spiro atoms. The van der Waals surface area contributed by atoms with E-state index in [0.29, 0.717) is 12.2 Å². The van der Waals surface area contributed by atoms with E-state index < -0.39 is 10.9 Å². The topological polar surface area (TPSA) is 81.9 Å². The Morgan fingerprint density at radius 2 is 1.96 bits per heavy atom. The van der Waals surface area contributed by atoms with Crippen LogP contribution in [-0.2, 0) is 11.3 Å². The van der Waals surface area contributed by atoms with Crippen LogP contribution in [0.3, 0.4) is 0 Å². The van der Waals surface area contributed by atoms with E-state index in [1.807, 2.05) is 36.4 Å². The summed E-state index contributed by atoms with van der Waals surface area (Å²) in [5.41, 5.74) is 1.53. The molecule has 0 unspecified atom stereocenters. The van der Waals surface area contributed by atoms with Crippen LogP contribution in [0.25, 0.3) is 0 Å². The molecule has 0 atom stereocenters. The second kappa shape index (κ2) is 8.57. The Hall–Kier alpha value is -2.74. The van der Waals surface area contributed by atoms with Crippen molar-refractivity contribution < 1.29 is 19.2 Å². The lowest BCUT2D eigenvalue weighted by atomic mass is 10.1. The first-order chi connectivity index (χ1) is 12.4. The first kappa shape index (κ1) is 19.6. The fraction of sp³-hybridized carbons (Fsp3) is 0.278. The molecule has 0 bridgehead atoms. The van der Waals surface area contributed by atoms with Crippen LogP contribution in [0.4, 0.5) is 11.4 Å². The van der Waals surface area contributed by atoms with Gasteiger partial charge in [-0.05, 0) is 30.0 Å². The summed E-state index contributed by atoms with van der Waals surface area (Å²) in [5, 5.41) is 11.0. The van der Waals surface area contributed by atoms with Crippen molar-refractivity contribution in [3.8, 4) is 5.75 Å². The largest absolute Gasteiger partial charge is 0.496 e. The molecule has 0 aliphatic carbocycles. The maximum atomic E-state index is 12.1. The Morgan fingerprint density at radius 3 is 2.54 bits per heavy atom. The average Bonchev–Trinajstić information content (AvgIpc) is 2.66. The number of methoxy groups -OCH3 is 2. The van der Waals surface area contributed by atoms with Crippen LogP contribution in [0.1, 0.15) is 15.9 Å². The number of benzene rings is 2. The number of hydrogen-bond acceptors (Lipinski definition) is 7. The van der Waals surface area contributed by atoms with Crippen LogP contribution in [0.15, 0.2) is 41.3 Å². The maximum absolute atomic E-state index is 12.1. The van der Waals surface area contributed by atoms with Gasteiger partial charge in [-0.2, -0.15) is 0 Å². The van der Waals surface area contributed by atoms with Crippen LogP contribution in [0, 0.1) is 10.1 Å². The van der Waals surface area contributed by atoms with Crippen molar-refractivity contribution in [2.24, 2.45) is 0 Å². The molecule has 0 aliphatic rings. The van der Waals surface area contributed by atoms with E-state index in [1.54, 1.807) is 24.9 Å². The lowest BCUT2D eigenvalue weighted by molar-refractivity contribution is -0.384. The summed E-state index contributed by atoms with van der Waals surface area (Å²) < 4.78 is 10.2. The van der Waals surface area contributed by atoms with Gasteiger partial charge in [0.2, 0.25) is 0 Å². The summed E-state index contributed by atoms with van der Waals surface area (Å²) in [4.78, 5) is 25.4. The number of carbonyl (C=O) groups excluding carboxylic acids is 1. The average molecular weight is 376 g/mol. The van der Waals surface area contributed by atoms with Crippen molar-refractivity contribution >= 4 is 29.1 Å². The second-order valence-electron chi connectivity index (χ2n) is 5.50. The third-order valence-corrected chi connectivity index (χ3v) is 4.65. The molecule has 0 fully saturated rings. The molecule has 0 amide bonds. The molecule has 0 radical (unpaired) electrons. The van der Waals surface area contributed by atoms with E-state index in [4.69, 9.17) is 9.47 Å². The van der Waals surface area contributed by atoms with Crippen molar-refractivity contribution in [1.29, 1.82) is 0 Å². The van der Waals surface area contributed by atoms with E-state index in [2.05, 4.69) is 0 Å². The number of nitrogens with zero attached hydrogens (tertiary/aromatic N) is 2. The summed E-state index contributed by atoms with van der Waals surface area (Å²) >= 11 is 1.59. The van der Waals surface area contributed by atoms with E-state index >= 15 is 0 Å². The number of rotatable bonds is 7. The lowest BCUT2D eigenvalue weighted by Crippen LogP contribution is -2.20.